The Morgan fingerprint density at radius 1 is 1.22 bits per heavy atom. The average molecular weight is 357 g/mol. The predicted octanol–water partition coefficient (Wildman–Crippen LogP) is 4.44. The first-order valence-corrected chi connectivity index (χ1v) is 11.8. The summed E-state index contributed by atoms with van der Waals surface area (Å²) < 4.78 is 5.39. The van der Waals surface area contributed by atoms with E-state index >= 15 is 0 Å². The van der Waals surface area contributed by atoms with Gasteiger partial charge in [0, 0.05) is 5.75 Å². The Hall–Kier alpha value is -0.297. The maximum absolute atomic E-state index is 5.39. The molecule has 2 aromatic rings. The molecule has 0 aliphatic heterocycles. The fraction of sp³-hybridized carbons (Fsp3) is 0.143. The van der Waals surface area contributed by atoms with Crippen LogP contribution >= 0.6 is 17.0 Å². The summed E-state index contributed by atoms with van der Waals surface area (Å²) in [5.41, 5.74) is 5.13. The SMILES string of the molecule is COc1cc[c-]c2c1-c1ccccc1C2.[Cl][Zr][Cl]. The molecular weight excluding hydrogens is 346 g/mol. The minimum absolute atomic E-state index is 0.826. The summed E-state index contributed by atoms with van der Waals surface area (Å²) in [6, 6.07) is 15.7. The van der Waals surface area contributed by atoms with Crippen molar-refractivity contribution in [2.75, 3.05) is 7.11 Å². The van der Waals surface area contributed by atoms with Gasteiger partial charge in [0.1, 0.15) is 0 Å². The third kappa shape index (κ3) is 2.82. The van der Waals surface area contributed by atoms with E-state index in [0.717, 1.165) is 12.2 Å². The number of hydrogen-bond acceptors (Lipinski definition) is 1. The topological polar surface area (TPSA) is 9.23 Å². The Labute approximate surface area is 126 Å². The molecule has 3 rings (SSSR count). The molecule has 1 nitrogen and oxygen atoms in total. The molecule has 0 saturated heterocycles. The molecule has 0 radical (unpaired) electrons. The number of hydrogen-bond donors (Lipinski definition) is 0. The summed E-state index contributed by atoms with van der Waals surface area (Å²) in [5, 5.41) is 0. The first kappa shape index (κ1) is 14.1. The zero-order valence-corrected chi connectivity index (χ0v) is 13.8. The van der Waals surface area contributed by atoms with Crippen molar-refractivity contribution in [1.82, 2.24) is 0 Å². The normalized spacial score (nSPS) is 10.8. The van der Waals surface area contributed by atoms with Gasteiger partial charge in [-0.1, -0.05) is 35.4 Å². The minimum atomic E-state index is -0.826. The van der Waals surface area contributed by atoms with Crippen LogP contribution in [0.25, 0.3) is 11.1 Å². The van der Waals surface area contributed by atoms with Gasteiger partial charge in [-0.2, -0.15) is 12.1 Å². The number of rotatable bonds is 1. The molecule has 0 bridgehead atoms. The zero-order valence-electron chi connectivity index (χ0n) is 9.84. The quantitative estimate of drug-likeness (QED) is 0.585. The van der Waals surface area contributed by atoms with Crippen molar-refractivity contribution < 1.29 is 25.6 Å². The predicted molar refractivity (Wildman–Crippen MR) is 71.8 cm³/mol. The molecular formula is C14H11Cl2OZr-. The fourth-order valence-electron chi connectivity index (χ4n) is 2.24. The van der Waals surface area contributed by atoms with Crippen molar-refractivity contribution in [3.63, 3.8) is 0 Å². The van der Waals surface area contributed by atoms with Gasteiger partial charge in [-0.25, -0.2) is 0 Å². The van der Waals surface area contributed by atoms with Gasteiger partial charge in [-0.3, -0.25) is 0 Å². The van der Waals surface area contributed by atoms with Crippen LogP contribution in [-0.2, 0) is 27.3 Å². The molecule has 0 fully saturated rings. The number of fused-ring (bicyclic) bond motifs is 3. The molecule has 18 heavy (non-hydrogen) atoms. The second-order valence-electron chi connectivity index (χ2n) is 3.80. The van der Waals surface area contributed by atoms with Crippen LogP contribution < -0.4 is 4.74 Å². The van der Waals surface area contributed by atoms with Crippen molar-refractivity contribution in [3.8, 4) is 16.9 Å². The van der Waals surface area contributed by atoms with Gasteiger partial charge in [0.25, 0.3) is 0 Å². The van der Waals surface area contributed by atoms with Crippen molar-refractivity contribution in [3.05, 3.63) is 53.6 Å². The van der Waals surface area contributed by atoms with Crippen LogP contribution in [0.3, 0.4) is 0 Å². The van der Waals surface area contributed by atoms with E-state index in [1.54, 1.807) is 7.11 Å². The van der Waals surface area contributed by atoms with E-state index < -0.39 is 20.8 Å². The van der Waals surface area contributed by atoms with Crippen molar-refractivity contribution in [1.29, 1.82) is 0 Å². The Morgan fingerprint density at radius 3 is 2.67 bits per heavy atom. The second kappa shape index (κ2) is 6.75. The summed E-state index contributed by atoms with van der Waals surface area (Å²) in [7, 11) is 11.6. The van der Waals surface area contributed by atoms with Gasteiger partial charge in [0.2, 0.25) is 0 Å². The second-order valence-corrected chi connectivity index (χ2v) is 7.54. The standard InChI is InChI=1S/C14H11O.2ClH.Zr/c1-15-13-8-4-6-11-9-10-5-2-3-7-12(10)14(11)13;;;/h2-5,7-8H,9H2,1H3;2*1H;/q-1;;;+2/p-2. The van der Waals surface area contributed by atoms with Crippen LogP contribution in [0.1, 0.15) is 11.1 Å². The summed E-state index contributed by atoms with van der Waals surface area (Å²) >= 11 is -0.826. The van der Waals surface area contributed by atoms with E-state index in [-0.39, 0.29) is 0 Å². The molecule has 0 unspecified atom stereocenters. The number of ether oxygens (including phenoxy) is 1. The fourth-order valence-corrected chi connectivity index (χ4v) is 2.24. The molecule has 1 aliphatic rings. The monoisotopic (exact) mass is 355 g/mol. The molecule has 4 heteroatoms. The van der Waals surface area contributed by atoms with Crippen LogP contribution in [0.15, 0.2) is 36.4 Å². The molecule has 0 saturated carbocycles. The van der Waals surface area contributed by atoms with Gasteiger partial charge >= 0.3 is 37.9 Å². The summed E-state index contributed by atoms with van der Waals surface area (Å²) in [6.07, 6.45) is 0.975. The van der Waals surface area contributed by atoms with E-state index in [9.17, 15) is 0 Å². The van der Waals surface area contributed by atoms with E-state index in [0.29, 0.717) is 0 Å². The molecule has 0 N–H and O–H groups in total. The van der Waals surface area contributed by atoms with E-state index in [1.165, 1.54) is 22.3 Å². The Balaban J connectivity index is 0.000000367. The number of halogens is 2. The first-order valence-electron chi connectivity index (χ1n) is 5.44. The van der Waals surface area contributed by atoms with Crippen molar-refractivity contribution >= 4 is 17.0 Å². The van der Waals surface area contributed by atoms with Gasteiger partial charge in [0.15, 0.2) is 0 Å². The molecule has 0 spiro atoms. The first-order chi connectivity index (χ1) is 8.81. The summed E-state index contributed by atoms with van der Waals surface area (Å²) in [6.45, 7) is 0. The molecule has 92 valence electrons. The number of methoxy groups -OCH3 is 1. The van der Waals surface area contributed by atoms with Gasteiger partial charge in [0.05, 0.1) is 7.11 Å². The van der Waals surface area contributed by atoms with Crippen LogP contribution in [-0.4, -0.2) is 7.11 Å². The molecule has 0 atom stereocenters. The van der Waals surface area contributed by atoms with E-state index in [2.05, 4.69) is 30.3 Å². The van der Waals surface area contributed by atoms with Crippen LogP contribution in [0.5, 0.6) is 5.75 Å². The molecule has 1 aliphatic carbocycles. The summed E-state index contributed by atoms with van der Waals surface area (Å²) in [5.74, 6) is 0.952. The van der Waals surface area contributed by atoms with Crippen molar-refractivity contribution in [2.45, 2.75) is 6.42 Å². The van der Waals surface area contributed by atoms with Gasteiger partial charge in [-0.15, -0.1) is 11.6 Å². The Morgan fingerprint density at radius 2 is 1.94 bits per heavy atom. The average Bonchev–Trinajstić information content (AvgIpc) is 2.78. The van der Waals surface area contributed by atoms with Crippen LogP contribution in [0, 0.1) is 6.07 Å². The maximum atomic E-state index is 5.39. The molecule has 2 aromatic carbocycles. The summed E-state index contributed by atoms with van der Waals surface area (Å²) in [4.78, 5) is 0. The van der Waals surface area contributed by atoms with Gasteiger partial charge < -0.3 is 4.74 Å². The number of benzene rings is 2. The van der Waals surface area contributed by atoms with Gasteiger partial charge in [-0.05, 0) is 12.0 Å². The zero-order chi connectivity index (χ0) is 13.0. The Kier molecular flexibility index (Phi) is 5.29. The van der Waals surface area contributed by atoms with Crippen molar-refractivity contribution in [2.24, 2.45) is 0 Å². The van der Waals surface area contributed by atoms with E-state index in [1.807, 2.05) is 12.1 Å². The third-order valence-electron chi connectivity index (χ3n) is 2.91. The van der Waals surface area contributed by atoms with Crippen LogP contribution in [0.4, 0.5) is 0 Å². The Bertz CT molecular complexity index is 543. The molecule has 0 amide bonds. The third-order valence-corrected chi connectivity index (χ3v) is 2.91. The van der Waals surface area contributed by atoms with E-state index in [4.69, 9.17) is 21.8 Å². The molecule has 0 heterocycles. The van der Waals surface area contributed by atoms with Crippen LogP contribution in [0.2, 0.25) is 0 Å². The molecule has 0 aromatic heterocycles.